The third-order valence-corrected chi connectivity index (χ3v) is 6.07. The first-order valence-electron chi connectivity index (χ1n) is 9.25. The number of carbonyl (C=O) groups excluding carboxylic acids is 1. The van der Waals surface area contributed by atoms with E-state index in [0.717, 1.165) is 51.1 Å². The van der Waals surface area contributed by atoms with Crippen molar-refractivity contribution >= 4 is 5.91 Å². The Hall–Kier alpha value is -1.66. The summed E-state index contributed by atoms with van der Waals surface area (Å²) in [5.41, 5.74) is 0.802. The molecule has 3 aliphatic rings. The van der Waals surface area contributed by atoms with Crippen LogP contribution in [0.2, 0.25) is 0 Å². The summed E-state index contributed by atoms with van der Waals surface area (Å²) >= 11 is 0. The molecule has 0 radical (unpaired) electrons. The molecule has 6 heteroatoms. The number of piperidine rings is 1. The lowest BCUT2D eigenvalue weighted by molar-refractivity contribution is -0.132. The number of hydrogen-bond acceptors (Lipinski definition) is 5. The molecule has 25 heavy (non-hydrogen) atoms. The van der Waals surface area contributed by atoms with Gasteiger partial charge < -0.3 is 14.7 Å². The summed E-state index contributed by atoms with van der Waals surface area (Å²) in [6, 6.07) is 5.82. The molecule has 1 aromatic heterocycles. The fraction of sp³-hybridized carbons (Fsp3) is 0.684. The van der Waals surface area contributed by atoms with Gasteiger partial charge in [0, 0.05) is 43.6 Å². The molecule has 0 spiro atoms. The molecule has 1 aliphatic carbocycles. The maximum atomic E-state index is 12.5. The summed E-state index contributed by atoms with van der Waals surface area (Å²) < 4.78 is 5.21. The number of aliphatic hydroxyl groups is 1. The fourth-order valence-corrected chi connectivity index (χ4v) is 4.48. The zero-order valence-electron chi connectivity index (χ0n) is 14.9. The summed E-state index contributed by atoms with van der Waals surface area (Å²) in [6.07, 6.45) is 3.11. The van der Waals surface area contributed by atoms with Crippen LogP contribution < -0.4 is 4.74 Å². The molecule has 2 unspecified atom stereocenters. The highest BCUT2D eigenvalue weighted by atomic mass is 16.5. The summed E-state index contributed by atoms with van der Waals surface area (Å²) in [4.78, 5) is 21.3. The van der Waals surface area contributed by atoms with Crippen molar-refractivity contribution in [3.05, 3.63) is 23.9 Å². The summed E-state index contributed by atoms with van der Waals surface area (Å²) in [5, 5.41) is 10.2. The van der Waals surface area contributed by atoms with Gasteiger partial charge >= 0.3 is 0 Å². The Morgan fingerprint density at radius 3 is 2.92 bits per heavy atom. The molecule has 1 aromatic rings. The molecule has 2 saturated heterocycles. The van der Waals surface area contributed by atoms with Gasteiger partial charge in [-0.15, -0.1) is 0 Å². The molecule has 3 fully saturated rings. The van der Waals surface area contributed by atoms with Crippen molar-refractivity contribution in [3.8, 4) is 5.88 Å². The zero-order chi connectivity index (χ0) is 17.4. The summed E-state index contributed by atoms with van der Waals surface area (Å²) in [6.45, 7) is 4.22. The minimum Gasteiger partial charge on any atom is -0.481 e. The number of carbonyl (C=O) groups is 1. The average Bonchev–Trinajstić information content (AvgIpc) is 3.41. The van der Waals surface area contributed by atoms with Crippen LogP contribution in [0, 0.1) is 17.3 Å². The second-order valence-electron chi connectivity index (χ2n) is 7.88. The number of aromatic nitrogens is 1. The van der Waals surface area contributed by atoms with Gasteiger partial charge in [-0.2, -0.15) is 0 Å². The van der Waals surface area contributed by atoms with Crippen molar-refractivity contribution in [2.75, 3.05) is 39.9 Å². The molecule has 3 heterocycles. The lowest BCUT2D eigenvalue weighted by Gasteiger charge is -2.42. The number of aliphatic hydroxyl groups excluding tert-OH is 1. The lowest BCUT2D eigenvalue weighted by Crippen LogP contribution is -2.50. The molecule has 1 amide bonds. The molecule has 0 aromatic carbocycles. The van der Waals surface area contributed by atoms with Crippen molar-refractivity contribution < 1.29 is 14.6 Å². The largest absolute Gasteiger partial charge is 0.481 e. The van der Waals surface area contributed by atoms with Gasteiger partial charge in [0.15, 0.2) is 0 Å². The second-order valence-corrected chi connectivity index (χ2v) is 7.88. The van der Waals surface area contributed by atoms with Crippen LogP contribution in [0.25, 0.3) is 0 Å². The van der Waals surface area contributed by atoms with E-state index in [-0.39, 0.29) is 17.9 Å². The van der Waals surface area contributed by atoms with Crippen molar-refractivity contribution in [3.63, 3.8) is 0 Å². The first kappa shape index (κ1) is 16.8. The number of hydrogen-bond donors (Lipinski definition) is 1. The van der Waals surface area contributed by atoms with Crippen molar-refractivity contribution in [2.24, 2.45) is 17.3 Å². The van der Waals surface area contributed by atoms with Crippen LogP contribution in [-0.2, 0) is 11.3 Å². The van der Waals surface area contributed by atoms with Gasteiger partial charge in [0.2, 0.25) is 11.8 Å². The number of nitrogens with zero attached hydrogens (tertiary/aromatic N) is 3. The van der Waals surface area contributed by atoms with E-state index in [4.69, 9.17) is 4.74 Å². The van der Waals surface area contributed by atoms with Crippen LogP contribution >= 0.6 is 0 Å². The van der Waals surface area contributed by atoms with Crippen LogP contribution in [0.4, 0.5) is 0 Å². The quantitative estimate of drug-likeness (QED) is 0.867. The SMILES string of the molecule is COc1cccc(CN2CCC3CN(C(=O)C4CC4)CC3(CO)C2)n1. The van der Waals surface area contributed by atoms with Crippen LogP contribution in [0.1, 0.15) is 25.0 Å². The lowest BCUT2D eigenvalue weighted by atomic mass is 9.74. The normalized spacial score (nSPS) is 29.5. The molecule has 0 bridgehead atoms. The summed E-state index contributed by atoms with van der Waals surface area (Å²) in [5.74, 6) is 1.61. The average molecular weight is 345 g/mol. The van der Waals surface area contributed by atoms with E-state index in [9.17, 15) is 9.90 Å². The van der Waals surface area contributed by atoms with E-state index in [1.54, 1.807) is 7.11 Å². The van der Waals surface area contributed by atoms with Crippen molar-refractivity contribution in [2.45, 2.75) is 25.8 Å². The minimum absolute atomic E-state index is 0.147. The Kier molecular flexibility index (Phi) is 4.41. The number of methoxy groups -OCH3 is 1. The highest BCUT2D eigenvalue weighted by Crippen LogP contribution is 2.44. The maximum absolute atomic E-state index is 12.5. The monoisotopic (exact) mass is 345 g/mol. The van der Waals surface area contributed by atoms with Gasteiger partial charge in [-0.05, 0) is 37.8 Å². The Morgan fingerprint density at radius 1 is 1.36 bits per heavy atom. The van der Waals surface area contributed by atoms with Gasteiger partial charge in [-0.3, -0.25) is 9.69 Å². The van der Waals surface area contributed by atoms with Crippen LogP contribution in [0.5, 0.6) is 5.88 Å². The molecule has 4 rings (SSSR count). The fourth-order valence-electron chi connectivity index (χ4n) is 4.48. The first-order valence-corrected chi connectivity index (χ1v) is 9.25. The Balaban J connectivity index is 1.45. The van der Waals surface area contributed by atoms with E-state index < -0.39 is 0 Å². The molecule has 2 aliphatic heterocycles. The van der Waals surface area contributed by atoms with Gasteiger partial charge in [-0.25, -0.2) is 4.98 Å². The summed E-state index contributed by atoms with van der Waals surface area (Å²) in [7, 11) is 1.63. The number of pyridine rings is 1. The molecule has 6 nitrogen and oxygen atoms in total. The van der Waals surface area contributed by atoms with Gasteiger partial charge in [0.1, 0.15) is 0 Å². The zero-order valence-corrected chi connectivity index (χ0v) is 14.9. The predicted molar refractivity (Wildman–Crippen MR) is 93.0 cm³/mol. The number of fused-ring (bicyclic) bond motifs is 1. The van der Waals surface area contributed by atoms with Crippen molar-refractivity contribution in [1.82, 2.24) is 14.8 Å². The van der Waals surface area contributed by atoms with E-state index in [1.807, 2.05) is 23.1 Å². The number of likely N-dealkylation sites (tertiary alicyclic amines) is 2. The Morgan fingerprint density at radius 2 is 2.20 bits per heavy atom. The first-order chi connectivity index (χ1) is 12.1. The van der Waals surface area contributed by atoms with E-state index in [0.29, 0.717) is 24.2 Å². The van der Waals surface area contributed by atoms with Gasteiger partial charge in [0.05, 0.1) is 19.4 Å². The minimum atomic E-state index is -0.179. The van der Waals surface area contributed by atoms with Gasteiger partial charge in [0.25, 0.3) is 0 Å². The van der Waals surface area contributed by atoms with Crippen LogP contribution in [0.15, 0.2) is 18.2 Å². The number of rotatable bonds is 5. The molecular weight excluding hydrogens is 318 g/mol. The van der Waals surface area contributed by atoms with E-state index in [1.165, 1.54) is 0 Å². The molecule has 1 N–H and O–H groups in total. The van der Waals surface area contributed by atoms with Crippen molar-refractivity contribution in [1.29, 1.82) is 0 Å². The molecule has 136 valence electrons. The third kappa shape index (κ3) is 3.25. The molecular formula is C19H27N3O3. The highest BCUT2D eigenvalue weighted by molar-refractivity contribution is 5.81. The standard InChI is InChI=1S/C19H27N3O3/c1-25-17-4-2-3-16(20-17)10-21-8-7-15-9-22(18(24)14-5-6-14)12-19(15,11-21)13-23/h2-4,14-15,23H,5-13H2,1H3. The molecule has 2 atom stereocenters. The number of ether oxygens (including phenoxy) is 1. The predicted octanol–water partition coefficient (Wildman–Crippen LogP) is 1.14. The topological polar surface area (TPSA) is 65.9 Å². The second kappa shape index (κ2) is 6.57. The smallest absolute Gasteiger partial charge is 0.225 e. The Bertz CT molecular complexity index is 649. The Labute approximate surface area is 148 Å². The molecule has 1 saturated carbocycles. The highest BCUT2D eigenvalue weighted by Gasteiger charge is 2.51. The number of amides is 1. The van der Waals surface area contributed by atoms with Crippen LogP contribution in [0.3, 0.4) is 0 Å². The third-order valence-electron chi connectivity index (χ3n) is 6.07. The maximum Gasteiger partial charge on any atom is 0.225 e. The van der Waals surface area contributed by atoms with E-state index >= 15 is 0 Å². The van der Waals surface area contributed by atoms with Gasteiger partial charge in [-0.1, -0.05) is 6.07 Å². The van der Waals surface area contributed by atoms with Crippen LogP contribution in [-0.4, -0.2) is 65.7 Å². The van der Waals surface area contributed by atoms with E-state index in [2.05, 4.69) is 9.88 Å².